The Morgan fingerprint density at radius 2 is 2.36 bits per heavy atom. The second-order valence-electron chi connectivity index (χ2n) is 4.12. The van der Waals surface area contributed by atoms with Crippen LogP contribution in [0.4, 0.5) is 0 Å². The summed E-state index contributed by atoms with van der Waals surface area (Å²) in [6.07, 6.45) is 1.07. The number of hydrogen-bond donors (Lipinski definition) is 1. The van der Waals surface area contributed by atoms with Crippen LogP contribution in [0.5, 0.6) is 0 Å². The molecule has 2 N–H and O–H groups in total. The molecule has 4 nitrogen and oxygen atoms in total. The third-order valence-electron chi connectivity index (χ3n) is 2.82. The Morgan fingerprint density at radius 1 is 1.71 bits per heavy atom. The van der Waals surface area contributed by atoms with Crippen molar-refractivity contribution in [2.24, 2.45) is 5.73 Å². The van der Waals surface area contributed by atoms with E-state index in [4.69, 9.17) is 5.73 Å². The van der Waals surface area contributed by atoms with Gasteiger partial charge in [0.05, 0.1) is 6.04 Å². The fraction of sp³-hybridized carbons (Fsp3) is 0.900. The van der Waals surface area contributed by atoms with Gasteiger partial charge in [0.15, 0.2) is 0 Å². The molecule has 82 valence electrons. The molecule has 1 fully saturated rings. The van der Waals surface area contributed by atoms with E-state index < -0.39 is 0 Å². The molecule has 0 aromatic heterocycles. The van der Waals surface area contributed by atoms with Crippen molar-refractivity contribution in [1.29, 1.82) is 0 Å². The van der Waals surface area contributed by atoms with Gasteiger partial charge in [-0.15, -0.1) is 0 Å². The third kappa shape index (κ3) is 2.45. The highest BCUT2D eigenvalue weighted by molar-refractivity contribution is 5.81. The summed E-state index contributed by atoms with van der Waals surface area (Å²) in [5.74, 6) is 0.0767. The first-order valence-corrected chi connectivity index (χ1v) is 5.30. The van der Waals surface area contributed by atoms with Crippen molar-refractivity contribution in [1.82, 2.24) is 9.80 Å². The Hall–Kier alpha value is -0.610. The number of nitrogens with zero attached hydrogens (tertiary/aromatic N) is 2. The maximum atomic E-state index is 11.8. The lowest BCUT2D eigenvalue weighted by Gasteiger charge is -2.29. The summed E-state index contributed by atoms with van der Waals surface area (Å²) >= 11 is 0. The highest BCUT2D eigenvalue weighted by Gasteiger charge is 2.29. The Balaban J connectivity index is 2.58. The highest BCUT2D eigenvalue weighted by Crippen LogP contribution is 2.14. The van der Waals surface area contributed by atoms with Crippen LogP contribution in [-0.4, -0.2) is 54.5 Å². The van der Waals surface area contributed by atoms with Gasteiger partial charge in [-0.1, -0.05) is 0 Å². The summed E-state index contributed by atoms with van der Waals surface area (Å²) in [7, 11) is 2.09. The maximum absolute atomic E-state index is 11.8. The van der Waals surface area contributed by atoms with Crippen molar-refractivity contribution >= 4 is 5.91 Å². The Bertz CT molecular complexity index is 206. The second-order valence-corrected chi connectivity index (χ2v) is 4.12. The summed E-state index contributed by atoms with van der Waals surface area (Å²) in [6, 6.07) is -0.00986. The van der Waals surface area contributed by atoms with E-state index in [0.29, 0.717) is 6.04 Å². The van der Waals surface area contributed by atoms with Gasteiger partial charge in [0, 0.05) is 19.1 Å². The molecule has 0 saturated carbocycles. The summed E-state index contributed by atoms with van der Waals surface area (Å²) in [6.45, 7) is 6.58. The van der Waals surface area contributed by atoms with Crippen LogP contribution in [0.25, 0.3) is 0 Å². The SMILES string of the molecule is CCN(C(=O)C(C)N)C1CCN(C)C1. The largest absolute Gasteiger partial charge is 0.337 e. The molecule has 2 atom stereocenters. The number of amides is 1. The van der Waals surface area contributed by atoms with E-state index in [1.807, 2.05) is 11.8 Å². The van der Waals surface area contributed by atoms with E-state index in [1.165, 1.54) is 0 Å². The lowest BCUT2D eigenvalue weighted by Crippen LogP contribution is -2.48. The summed E-state index contributed by atoms with van der Waals surface area (Å²) in [4.78, 5) is 15.9. The molecule has 1 saturated heterocycles. The first-order chi connectivity index (χ1) is 6.56. The number of likely N-dealkylation sites (N-methyl/N-ethyl adjacent to an activating group) is 2. The lowest BCUT2D eigenvalue weighted by molar-refractivity contribution is -0.134. The minimum atomic E-state index is -0.374. The Kier molecular flexibility index (Phi) is 3.89. The molecular formula is C10H21N3O. The van der Waals surface area contributed by atoms with Gasteiger partial charge in [0.1, 0.15) is 0 Å². The van der Waals surface area contributed by atoms with Crippen LogP contribution >= 0.6 is 0 Å². The minimum Gasteiger partial charge on any atom is -0.337 e. The maximum Gasteiger partial charge on any atom is 0.239 e. The molecule has 0 spiro atoms. The molecular weight excluding hydrogens is 178 g/mol. The standard InChI is InChI=1S/C10H21N3O/c1-4-13(10(14)8(2)11)9-5-6-12(3)7-9/h8-9H,4-7,11H2,1-3H3. The molecule has 0 aromatic rings. The first kappa shape index (κ1) is 11.5. The number of nitrogens with two attached hydrogens (primary N) is 1. The van der Waals surface area contributed by atoms with Crippen LogP contribution in [-0.2, 0) is 4.79 Å². The Labute approximate surface area is 86.0 Å². The average Bonchev–Trinajstić information content (AvgIpc) is 2.53. The Morgan fingerprint density at radius 3 is 2.71 bits per heavy atom. The predicted octanol–water partition coefficient (Wildman–Crippen LogP) is -0.114. The fourth-order valence-electron chi connectivity index (χ4n) is 2.02. The smallest absolute Gasteiger partial charge is 0.239 e. The number of carbonyl (C=O) groups is 1. The van der Waals surface area contributed by atoms with Crippen LogP contribution in [0.3, 0.4) is 0 Å². The minimum absolute atomic E-state index is 0.0767. The van der Waals surface area contributed by atoms with E-state index in [0.717, 1.165) is 26.1 Å². The van der Waals surface area contributed by atoms with Crippen LogP contribution in [0, 0.1) is 0 Å². The highest BCUT2D eigenvalue weighted by atomic mass is 16.2. The fourth-order valence-corrected chi connectivity index (χ4v) is 2.02. The van der Waals surface area contributed by atoms with Gasteiger partial charge in [0.25, 0.3) is 0 Å². The number of likely N-dealkylation sites (tertiary alicyclic amines) is 1. The van der Waals surface area contributed by atoms with Crippen LogP contribution in [0.1, 0.15) is 20.3 Å². The molecule has 1 aliphatic heterocycles. The normalized spacial score (nSPS) is 25.0. The number of hydrogen-bond acceptors (Lipinski definition) is 3. The van der Waals surface area contributed by atoms with Crippen molar-refractivity contribution < 1.29 is 4.79 Å². The second kappa shape index (κ2) is 4.75. The van der Waals surface area contributed by atoms with E-state index >= 15 is 0 Å². The predicted molar refractivity (Wildman–Crippen MR) is 56.9 cm³/mol. The van der Waals surface area contributed by atoms with Crippen molar-refractivity contribution in [3.8, 4) is 0 Å². The van der Waals surface area contributed by atoms with Crippen molar-refractivity contribution in [3.63, 3.8) is 0 Å². The zero-order valence-electron chi connectivity index (χ0n) is 9.36. The summed E-state index contributed by atoms with van der Waals surface area (Å²) < 4.78 is 0. The van der Waals surface area contributed by atoms with Gasteiger partial charge in [-0.25, -0.2) is 0 Å². The van der Waals surface area contributed by atoms with Gasteiger partial charge in [-0.05, 0) is 33.9 Å². The van der Waals surface area contributed by atoms with Crippen molar-refractivity contribution in [2.45, 2.75) is 32.4 Å². The molecule has 1 amide bonds. The quantitative estimate of drug-likeness (QED) is 0.690. The molecule has 0 aliphatic carbocycles. The number of carbonyl (C=O) groups excluding carboxylic acids is 1. The topological polar surface area (TPSA) is 49.6 Å². The average molecular weight is 199 g/mol. The van der Waals surface area contributed by atoms with Gasteiger partial charge in [-0.3, -0.25) is 4.79 Å². The number of rotatable bonds is 3. The monoisotopic (exact) mass is 199 g/mol. The molecule has 1 rings (SSSR count). The molecule has 1 heterocycles. The molecule has 2 unspecified atom stereocenters. The zero-order chi connectivity index (χ0) is 10.7. The van der Waals surface area contributed by atoms with Crippen LogP contribution in [0.2, 0.25) is 0 Å². The summed E-state index contributed by atoms with van der Waals surface area (Å²) in [5.41, 5.74) is 5.61. The first-order valence-electron chi connectivity index (χ1n) is 5.30. The van der Waals surface area contributed by atoms with Crippen molar-refractivity contribution in [3.05, 3.63) is 0 Å². The zero-order valence-corrected chi connectivity index (χ0v) is 9.36. The van der Waals surface area contributed by atoms with Gasteiger partial charge < -0.3 is 15.5 Å². The molecule has 4 heteroatoms. The third-order valence-corrected chi connectivity index (χ3v) is 2.82. The van der Waals surface area contributed by atoms with Crippen LogP contribution < -0.4 is 5.73 Å². The van der Waals surface area contributed by atoms with Gasteiger partial charge in [-0.2, -0.15) is 0 Å². The molecule has 0 aromatic carbocycles. The molecule has 0 radical (unpaired) electrons. The van der Waals surface area contributed by atoms with Crippen molar-refractivity contribution in [2.75, 3.05) is 26.7 Å². The molecule has 14 heavy (non-hydrogen) atoms. The summed E-state index contributed by atoms with van der Waals surface area (Å²) in [5, 5.41) is 0. The van der Waals surface area contributed by atoms with Crippen LogP contribution in [0.15, 0.2) is 0 Å². The van der Waals surface area contributed by atoms with Gasteiger partial charge >= 0.3 is 0 Å². The van der Waals surface area contributed by atoms with E-state index in [9.17, 15) is 4.79 Å². The van der Waals surface area contributed by atoms with Gasteiger partial charge in [0.2, 0.25) is 5.91 Å². The van der Waals surface area contributed by atoms with E-state index in [2.05, 4.69) is 11.9 Å². The van der Waals surface area contributed by atoms with E-state index in [1.54, 1.807) is 6.92 Å². The lowest BCUT2D eigenvalue weighted by atomic mass is 10.2. The van der Waals surface area contributed by atoms with E-state index in [-0.39, 0.29) is 11.9 Å². The molecule has 1 aliphatic rings. The molecule has 0 bridgehead atoms.